The van der Waals surface area contributed by atoms with E-state index in [1.165, 1.54) is 25.7 Å². The highest BCUT2D eigenvalue weighted by Crippen LogP contribution is 2.20. The van der Waals surface area contributed by atoms with Gasteiger partial charge in [0.15, 0.2) is 0 Å². The van der Waals surface area contributed by atoms with E-state index in [0.29, 0.717) is 6.10 Å². The van der Waals surface area contributed by atoms with Gasteiger partial charge in [-0.1, -0.05) is 6.92 Å². The maximum absolute atomic E-state index is 5.98. The highest BCUT2D eigenvalue weighted by molar-refractivity contribution is 4.80. The fourth-order valence-corrected chi connectivity index (χ4v) is 1.67. The molecule has 0 spiro atoms. The smallest absolute Gasteiger partial charge is 0.0627 e. The van der Waals surface area contributed by atoms with Crippen LogP contribution in [0.2, 0.25) is 0 Å². The van der Waals surface area contributed by atoms with Gasteiger partial charge in [0.05, 0.1) is 11.7 Å². The van der Waals surface area contributed by atoms with Crippen molar-refractivity contribution in [1.82, 2.24) is 5.32 Å². The molecule has 15 heavy (non-hydrogen) atoms. The van der Waals surface area contributed by atoms with Crippen LogP contribution in [0.5, 0.6) is 0 Å². The van der Waals surface area contributed by atoms with E-state index >= 15 is 0 Å². The van der Waals surface area contributed by atoms with Gasteiger partial charge < -0.3 is 10.1 Å². The van der Waals surface area contributed by atoms with Gasteiger partial charge in [-0.2, -0.15) is 0 Å². The number of nitrogens with one attached hydrogen (secondary N) is 1. The Morgan fingerprint density at radius 2 is 2.07 bits per heavy atom. The van der Waals surface area contributed by atoms with Crippen LogP contribution in [-0.4, -0.2) is 24.3 Å². The zero-order valence-corrected chi connectivity index (χ0v) is 10.8. The van der Waals surface area contributed by atoms with Crippen molar-refractivity contribution in [2.45, 2.75) is 77.5 Å². The van der Waals surface area contributed by atoms with Crippen LogP contribution >= 0.6 is 0 Å². The summed E-state index contributed by atoms with van der Waals surface area (Å²) in [6, 6.07) is 0.841. The van der Waals surface area contributed by atoms with Crippen LogP contribution in [-0.2, 0) is 4.74 Å². The van der Waals surface area contributed by atoms with Crippen LogP contribution in [0.15, 0.2) is 0 Å². The van der Waals surface area contributed by atoms with Gasteiger partial charge >= 0.3 is 0 Å². The molecule has 1 saturated carbocycles. The van der Waals surface area contributed by atoms with Gasteiger partial charge in [-0.15, -0.1) is 0 Å². The summed E-state index contributed by atoms with van der Waals surface area (Å²) in [5.41, 5.74) is 0.0450. The quantitative estimate of drug-likeness (QED) is 0.626. The molecule has 1 rings (SSSR count). The molecular weight excluding hydrogens is 186 g/mol. The minimum Gasteiger partial charge on any atom is -0.373 e. The van der Waals surface area contributed by atoms with Gasteiger partial charge in [-0.05, 0) is 59.4 Å². The Bertz CT molecular complexity index is 175. The van der Waals surface area contributed by atoms with Crippen LogP contribution in [0.4, 0.5) is 0 Å². The fraction of sp³-hybridized carbons (Fsp3) is 1.00. The Morgan fingerprint density at radius 1 is 1.40 bits per heavy atom. The van der Waals surface area contributed by atoms with Gasteiger partial charge in [0, 0.05) is 6.04 Å². The Hall–Kier alpha value is -0.0800. The Kier molecular flexibility index (Phi) is 5.07. The van der Waals surface area contributed by atoms with E-state index in [4.69, 9.17) is 4.74 Å². The van der Waals surface area contributed by atoms with Crippen LogP contribution in [0.3, 0.4) is 0 Å². The normalized spacial score (nSPS) is 19.2. The van der Waals surface area contributed by atoms with Crippen molar-refractivity contribution in [1.29, 1.82) is 0 Å². The number of hydrogen-bond acceptors (Lipinski definition) is 2. The largest absolute Gasteiger partial charge is 0.373 e. The summed E-state index contributed by atoms with van der Waals surface area (Å²) in [6.45, 7) is 9.87. The minimum absolute atomic E-state index is 0.0450. The molecule has 2 heteroatoms. The molecule has 0 heterocycles. The molecule has 1 aliphatic carbocycles. The summed E-state index contributed by atoms with van der Waals surface area (Å²) in [6.07, 6.45) is 6.64. The van der Waals surface area contributed by atoms with Gasteiger partial charge in [0.2, 0.25) is 0 Å². The molecule has 0 aliphatic heterocycles. The summed E-state index contributed by atoms with van der Waals surface area (Å²) in [7, 11) is 0. The molecule has 1 atom stereocenters. The van der Waals surface area contributed by atoms with E-state index in [1.807, 2.05) is 0 Å². The van der Waals surface area contributed by atoms with E-state index in [9.17, 15) is 0 Å². The topological polar surface area (TPSA) is 21.3 Å². The molecular formula is C13H27NO. The van der Waals surface area contributed by atoms with E-state index in [2.05, 4.69) is 33.0 Å². The SMILES string of the molecule is CCC(C)(C)OC(C)CCCNC1CC1. The molecule has 0 radical (unpaired) electrons. The van der Waals surface area contributed by atoms with Crippen LogP contribution in [0.25, 0.3) is 0 Å². The first-order valence-corrected chi connectivity index (χ1v) is 6.44. The van der Waals surface area contributed by atoms with Crippen LogP contribution in [0, 0.1) is 0 Å². The van der Waals surface area contributed by atoms with E-state index in [0.717, 1.165) is 19.0 Å². The molecule has 0 amide bonds. The van der Waals surface area contributed by atoms with Crippen molar-refractivity contribution >= 4 is 0 Å². The predicted molar refractivity (Wildman–Crippen MR) is 65.2 cm³/mol. The Labute approximate surface area is 94.8 Å². The van der Waals surface area contributed by atoms with Gasteiger partial charge in [-0.25, -0.2) is 0 Å². The molecule has 1 fully saturated rings. The van der Waals surface area contributed by atoms with Gasteiger partial charge in [0.25, 0.3) is 0 Å². The molecule has 0 aromatic rings. The van der Waals surface area contributed by atoms with Crippen molar-refractivity contribution in [2.24, 2.45) is 0 Å². The second-order valence-corrected chi connectivity index (χ2v) is 5.41. The molecule has 90 valence electrons. The Morgan fingerprint density at radius 3 is 2.60 bits per heavy atom. The lowest BCUT2D eigenvalue weighted by Gasteiger charge is -2.28. The second-order valence-electron chi connectivity index (χ2n) is 5.41. The zero-order valence-electron chi connectivity index (χ0n) is 10.8. The van der Waals surface area contributed by atoms with Crippen molar-refractivity contribution < 1.29 is 4.74 Å². The highest BCUT2D eigenvalue weighted by Gasteiger charge is 2.21. The number of hydrogen-bond donors (Lipinski definition) is 1. The van der Waals surface area contributed by atoms with E-state index < -0.39 is 0 Å². The highest BCUT2D eigenvalue weighted by atomic mass is 16.5. The standard InChI is InChI=1S/C13H27NO/c1-5-13(3,4)15-11(2)7-6-10-14-12-8-9-12/h11-12,14H,5-10H2,1-4H3. The van der Waals surface area contributed by atoms with Crippen molar-refractivity contribution in [3.63, 3.8) is 0 Å². The van der Waals surface area contributed by atoms with E-state index in [1.54, 1.807) is 0 Å². The van der Waals surface area contributed by atoms with Gasteiger partial charge in [-0.3, -0.25) is 0 Å². The predicted octanol–water partition coefficient (Wildman–Crippen LogP) is 3.11. The fourth-order valence-electron chi connectivity index (χ4n) is 1.67. The molecule has 1 N–H and O–H groups in total. The van der Waals surface area contributed by atoms with Gasteiger partial charge in [0.1, 0.15) is 0 Å². The first-order chi connectivity index (χ1) is 7.03. The maximum atomic E-state index is 5.98. The van der Waals surface area contributed by atoms with Crippen molar-refractivity contribution in [3.05, 3.63) is 0 Å². The monoisotopic (exact) mass is 213 g/mol. The maximum Gasteiger partial charge on any atom is 0.0627 e. The summed E-state index contributed by atoms with van der Waals surface area (Å²) < 4.78 is 5.98. The summed E-state index contributed by atoms with van der Waals surface area (Å²) >= 11 is 0. The average molecular weight is 213 g/mol. The first-order valence-electron chi connectivity index (χ1n) is 6.44. The van der Waals surface area contributed by atoms with Crippen molar-refractivity contribution in [3.8, 4) is 0 Å². The average Bonchev–Trinajstić information content (AvgIpc) is 2.95. The van der Waals surface area contributed by atoms with Crippen LogP contribution < -0.4 is 5.32 Å². The van der Waals surface area contributed by atoms with Crippen molar-refractivity contribution in [2.75, 3.05) is 6.54 Å². The lowest BCUT2D eigenvalue weighted by molar-refractivity contribution is -0.0686. The van der Waals surface area contributed by atoms with Crippen LogP contribution in [0.1, 0.15) is 59.8 Å². The number of ether oxygens (including phenoxy) is 1. The molecule has 0 aromatic heterocycles. The summed E-state index contributed by atoms with van der Waals surface area (Å²) in [5, 5.41) is 3.53. The third-order valence-corrected chi connectivity index (χ3v) is 3.17. The Balaban J connectivity index is 1.99. The second kappa shape index (κ2) is 5.86. The van der Waals surface area contributed by atoms with E-state index in [-0.39, 0.29) is 5.60 Å². The molecule has 0 aromatic carbocycles. The lowest BCUT2D eigenvalue weighted by atomic mass is 10.1. The molecule has 1 unspecified atom stereocenters. The molecule has 1 aliphatic rings. The molecule has 0 bridgehead atoms. The number of rotatable bonds is 8. The zero-order chi connectivity index (χ0) is 11.3. The summed E-state index contributed by atoms with van der Waals surface area (Å²) in [4.78, 5) is 0. The molecule has 0 saturated heterocycles. The summed E-state index contributed by atoms with van der Waals surface area (Å²) in [5.74, 6) is 0. The third-order valence-electron chi connectivity index (χ3n) is 3.17. The first kappa shape index (κ1) is 13.0. The molecule has 2 nitrogen and oxygen atoms in total. The third kappa shape index (κ3) is 6.16. The lowest BCUT2D eigenvalue weighted by Crippen LogP contribution is -2.29. The minimum atomic E-state index is 0.0450.